The molecular weight excluding hydrogens is 274 g/mol. The highest BCUT2D eigenvalue weighted by molar-refractivity contribution is 8.01. The smallest absolute Gasteiger partial charge is 0.243 e. The molecule has 3 N–H and O–H groups in total. The lowest BCUT2D eigenvalue weighted by molar-refractivity contribution is -0.137. The van der Waals surface area contributed by atoms with Gasteiger partial charge in [-0.25, -0.2) is 0 Å². The summed E-state index contributed by atoms with van der Waals surface area (Å²) < 4.78 is 0. The van der Waals surface area contributed by atoms with Crippen LogP contribution in [-0.4, -0.2) is 46.5 Å². The zero-order valence-electron chi connectivity index (χ0n) is 10.5. The fourth-order valence-corrected chi connectivity index (χ4v) is 3.88. The van der Waals surface area contributed by atoms with Gasteiger partial charge in [0.2, 0.25) is 11.8 Å². The van der Waals surface area contributed by atoms with Crippen molar-refractivity contribution in [3.8, 4) is 0 Å². The second kappa shape index (κ2) is 6.12. The minimum atomic E-state index is -0.294. The van der Waals surface area contributed by atoms with E-state index in [0.29, 0.717) is 25.3 Å². The minimum absolute atomic E-state index is 0. The van der Waals surface area contributed by atoms with E-state index in [0.717, 1.165) is 12.8 Å². The monoisotopic (exact) mass is 293 g/mol. The number of amides is 2. The van der Waals surface area contributed by atoms with Crippen molar-refractivity contribution in [1.29, 1.82) is 0 Å². The Morgan fingerprint density at radius 2 is 2.39 bits per heavy atom. The molecular formula is C11H20ClN3O2S. The van der Waals surface area contributed by atoms with E-state index in [1.54, 1.807) is 16.7 Å². The first-order valence-corrected chi connectivity index (χ1v) is 7.01. The molecule has 2 saturated heterocycles. The Bertz CT molecular complexity index is 342. The molecule has 0 radical (unpaired) electrons. The molecule has 0 bridgehead atoms. The van der Waals surface area contributed by atoms with Crippen LogP contribution in [-0.2, 0) is 9.59 Å². The van der Waals surface area contributed by atoms with Crippen molar-refractivity contribution >= 4 is 36.0 Å². The van der Waals surface area contributed by atoms with E-state index in [1.165, 1.54) is 0 Å². The molecule has 104 valence electrons. The Hall–Kier alpha value is -0.460. The summed E-state index contributed by atoms with van der Waals surface area (Å²) in [7, 11) is 0. The second-order valence-corrected chi connectivity index (χ2v) is 6.20. The second-order valence-electron chi connectivity index (χ2n) is 4.70. The molecule has 2 aliphatic rings. The van der Waals surface area contributed by atoms with E-state index in [9.17, 15) is 9.59 Å². The van der Waals surface area contributed by atoms with E-state index in [2.05, 4.69) is 12.2 Å². The predicted molar refractivity (Wildman–Crippen MR) is 74.7 cm³/mol. The molecule has 18 heavy (non-hydrogen) atoms. The molecule has 7 heteroatoms. The van der Waals surface area contributed by atoms with E-state index in [1.807, 2.05) is 0 Å². The highest BCUT2D eigenvalue weighted by Gasteiger charge is 2.52. The number of thioether (sulfide) groups is 1. The summed E-state index contributed by atoms with van der Waals surface area (Å²) in [5.74, 6) is 0.776. The van der Waals surface area contributed by atoms with Gasteiger partial charge < -0.3 is 16.0 Å². The third-order valence-electron chi connectivity index (χ3n) is 3.43. The number of carbonyl (C=O) groups is 2. The van der Waals surface area contributed by atoms with Crippen molar-refractivity contribution in [2.75, 3.05) is 18.8 Å². The van der Waals surface area contributed by atoms with Gasteiger partial charge in [-0.2, -0.15) is 0 Å². The van der Waals surface area contributed by atoms with Crippen molar-refractivity contribution in [2.24, 2.45) is 5.73 Å². The van der Waals surface area contributed by atoms with Gasteiger partial charge in [0.15, 0.2) is 0 Å². The number of hydrogen-bond acceptors (Lipinski definition) is 4. The van der Waals surface area contributed by atoms with Crippen LogP contribution in [0.2, 0.25) is 0 Å². The maximum atomic E-state index is 12.0. The standard InChI is InChI=1S/C11H19N3O2S.ClH/c1-11-4-3-9(15)14(11)8(7-17-11)10(16)13-6-2-5-12;/h8H,2-7,12H2,1H3,(H,13,16);1H. The highest BCUT2D eigenvalue weighted by Crippen LogP contribution is 2.47. The van der Waals surface area contributed by atoms with E-state index >= 15 is 0 Å². The molecule has 0 saturated carbocycles. The van der Waals surface area contributed by atoms with Crippen LogP contribution in [0.3, 0.4) is 0 Å². The lowest BCUT2D eigenvalue weighted by Gasteiger charge is -2.29. The molecule has 2 heterocycles. The van der Waals surface area contributed by atoms with Gasteiger partial charge in [0.25, 0.3) is 0 Å². The van der Waals surface area contributed by atoms with Crippen LogP contribution < -0.4 is 11.1 Å². The Morgan fingerprint density at radius 1 is 1.67 bits per heavy atom. The summed E-state index contributed by atoms with van der Waals surface area (Å²) in [4.78, 5) is 25.4. The number of halogens is 1. The zero-order valence-corrected chi connectivity index (χ0v) is 12.1. The quantitative estimate of drug-likeness (QED) is 0.733. The van der Waals surface area contributed by atoms with Crippen molar-refractivity contribution in [1.82, 2.24) is 10.2 Å². The van der Waals surface area contributed by atoms with Crippen molar-refractivity contribution < 1.29 is 9.59 Å². The van der Waals surface area contributed by atoms with Gasteiger partial charge in [-0.3, -0.25) is 9.59 Å². The molecule has 2 aliphatic heterocycles. The number of hydrogen-bond donors (Lipinski definition) is 2. The Kier molecular flexibility index (Phi) is 5.31. The van der Waals surface area contributed by atoms with Crippen LogP contribution in [0.1, 0.15) is 26.2 Å². The van der Waals surface area contributed by atoms with Crippen molar-refractivity contribution in [3.63, 3.8) is 0 Å². The van der Waals surface area contributed by atoms with Crippen LogP contribution in [0.4, 0.5) is 0 Å². The van der Waals surface area contributed by atoms with E-state index in [-0.39, 0.29) is 35.1 Å². The number of carbonyl (C=O) groups excluding carboxylic acids is 2. The summed E-state index contributed by atoms with van der Waals surface area (Å²) in [5.41, 5.74) is 5.38. The zero-order chi connectivity index (χ0) is 12.5. The third kappa shape index (κ3) is 2.75. The first kappa shape index (κ1) is 15.6. The third-order valence-corrected chi connectivity index (χ3v) is 4.93. The molecule has 0 spiro atoms. The molecule has 2 fully saturated rings. The van der Waals surface area contributed by atoms with E-state index in [4.69, 9.17) is 5.73 Å². The summed E-state index contributed by atoms with van der Waals surface area (Å²) in [5, 5.41) is 2.85. The number of nitrogens with one attached hydrogen (secondary N) is 1. The Morgan fingerprint density at radius 3 is 3.06 bits per heavy atom. The summed E-state index contributed by atoms with van der Waals surface area (Å²) in [6.07, 6.45) is 2.19. The maximum Gasteiger partial charge on any atom is 0.243 e. The largest absolute Gasteiger partial charge is 0.354 e. The molecule has 2 unspecified atom stereocenters. The Balaban J connectivity index is 0.00000162. The fourth-order valence-electron chi connectivity index (χ4n) is 2.45. The van der Waals surface area contributed by atoms with Crippen LogP contribution >= 0.6 is 24.2 Å². The van der Waals surface area contributed by atoms with Crippen molar-refractivity contribution in [2.45, 2.75) is 37.1 Å². The molecule has 5 nitrogen and oxygen atoms in total. The van der Waals surface area contributed by atoms with Crippen LogP contribution in [0.15, 0.2) is 0 Å². The maximum absolute atomic E-state index is 12.0. The minimum Gasteiger partial charge on any atom is -0.354 e. The van der Waals surface area contributed by atoms with Gasteiger partial charge >= 0.3 is 0 Å². The summed E-state index contributed by atoms with van der Waals surface area (Å²) >= 11 is 1.71. The van der Waals surface area contributed by atoms with Gasteiger partial charge in [0.1, 0.15) is 6.04 Å². The number of nitrogens with zero attached hydrogens (tertiary/aromatic N) is 1. The van der Waals surface area contributed by atoms with Gasteiger partial charge in [-0.1, -0.05) is 0 Å². The van der Waals surface area contributed by atoms with E-state index < -0.39 is 0 Å². The SMILES string of the molecule is CC12CCC(=O)N1C(C(=O)NCCCN)CS2.Cl. The molecule has 2 atom stereocenters. The first-order valence-electron chi connectivity index (χ1n) is 6.02. The number of nitrogens with two attached hydrogens (primary N) is 1. The normalized spacial score (nSPS) is 30.0. The first-order chi connectivity index (χ1) is 8.08. The number of rotatable bonds is 4. The lowest BCUT2D eigenvalue weighted by atomic mass is 10.2. The number of fused-ring (bicyclic) bond motifs is 1. The highest BCUT2D eigenvalue weighted by atomic mass is 35.5. The molecule has 2 rings (SSSR count). The molecule has 0 aliphatic carbocycles. The molecule has 2 amide bonds. The summed E-state index contributed by atoms with van der Waals surface area (Å²) in [6.45, 7) is 3.21. The topological polar surface area (TPSA) is 75.4 Å². The van der Waals surface area contributed by atoms with Crippen LogP contribution in [0.5, 0.6) is 0 Å². The molecule has 0 aromatic heterocycles. The predicted octanol–water partition coefficient (Wildman–Crippen LogP) is 0.327. The van der Waals surface area contributed by atoms with Gasteiger partial charge in [0, 0.05) is 18.7 Å². The average molecular weight is 294 g/mol. The average Bonchev–Trinajstić information content (AvgIpc) is 2.77. The summed E-state index contributed by atoms with van der Waals surface area (Å²) in [6, 6.07) is -0.294. The Labute approximate surface area is 118 Å². The molecule has 0 aromatic carbocycles. The van der Waals surface area contributed by atoms with Crippen LogP contribution in [0, 0.1) is 0 Å². The van der Waals surface area contributed by atoms with Gasteiger partial charge in [-0.05, 0) is 26.3 Å². The van der Waals surface area contributed by atoms with Crippen LogP contribution in [0.25, 0.3) is 0 Å². The lowest BCUT2D eigenvalue weighted by Crippen LogP contribution is -2.50. The molecule has 0 aromatic rings. The van der Waals surface area contributed by atoms with Crippen molar-refractivity contribution in [3.05, 3.63) is 0 Å². The van der Waals surface area contributed by atoms with Gasteiger partial charge in [-0.15, -0.1) is 24.2 Å². The fraction of sp³-hybridized carbons (Fsp3) is 0.818. The van der Waals surface area contributed by atoms with Gasteiger partial charge in [0.05, 0.1) is 4.87 Å².